The van der Waals surface area contributed by atoms with Gasteiger partial charge in [0.25, 0.3) is 5.91 Å². The van der Waals surface area contributed by atoms with Crippen LogP contribution in [-0.4, -0.2) is 10.9 Å². The number of aryl methyl sites for hydroxylation is 1. The number of rotatable bonds is 5. The van der Waals surface area contributed by atoms with Crippen LogP contribution in [0.1, 0.15) is 27.2 Å². The van der Waals surface area contributed by atoms with Crippen molar-refractivity contribution in [3.05, 3.63) is 89.2 Å². The summed E-state index contributed by atoms with van der Waals surface area (Å²) in [7, 11) is 0. The minimum atomic E-state index is -0.298. The smallest absolute Gasteiger partial charge is 0.274 e. The number of pyridine rings is 1. The fourth-order valence-corrected chi connectivity index (χ4v) is 2.40. The molecule has 0 unspecified atom stereocenters. The highest BCUT2D eigenvalue weighted by molar-refractivity contribution is 6.03. The molecule has 3 rings (SSSR count). The van der Waals surface area contributed by atoms with Gasteiger partial charge in [-0.05, 0) is 48.9 Å². The van der Waals surface area contributed by atoms with E-state index in [1.165, 1.54) is 5.56 Å². The minimum absolute atomic E-state index is 0.298. The van der Waals surface area contributed by atoms with E-state index in [1.807, 2.05) is 12.1 Å². The molecular formula is C21H18N4O. The number of aromatic nitrogens is 1. The van der Waals surface area contributed by atoms with Crippen molar-refractivity contribution in [2.24, 2.45) is 0 Å². The molecule has 0 aliphatic carbocycles. The second-order valence-corrected chi connectivity index (χ2v) is 5.91. The zero-order valence-electron chi connectivity index (χ0n) is 14.4. The van der Waals surface area contributed by atoms with Crippen molar-refractivity contribution in [3.8, 4) is 6.07 Å². The molecule has 0 spiro atoms. The summed E-state index contributed by atoms with van der Waals surface area (Å²) in [5, 5.41) is 14.9. The number of carbonyl (C=O) groups is 1. The third kappa shape index (κ3) is 4.46. The Bertz CT molecular complexity index is 941. The predicted molar refractivity (Wildman–Crippen MR) is 102 cm³/mol. The van der Waals surface area contributed by atoms with Crippen molar-refractivity contribution in [1.29, 1.82) is 5.26 Å². The molecule has 0 atom stereocenters. The highest BCUT2D eigenvalue weighted by Crippen LogP contribution is 2.14. The van der Waals surface area contributed by atoms with Crippen LogP contribution in [0.4, 0.5) is 11.4 Å². The zero-order valence-corrected chi connectivity index (χ0v) is 14.4. The molecule has 0 bridgehead atoms. The quantitative estimate of drug-likeness (QED) is 0.731. The van der Waals surface area contributed by atoms with E-state index in [2.05, 4.69) is 46.8 Å². The molecule has 1 heterocycles. The second kappa shape index (κ2) is 7.95. The van der Waals surface area contributed by atoms with Crippen molar-refractivity contribution in [2.45, 2.75) is 13.5 Å². The monoisotopic (exact) mass is 342 g/mol. The Labute approximate surface area is 152 Å². The maximum atomic E-state index is 12.4. The lowest BCUT2D eigenvalue weighted by atomic mass is 10.1. The Morgan fingerprint density at radius 1 is 1.04 bits per heavy atom. The van der Waals surface area contributed by atoms with E-state index in [0.29, 0.717) is 23.5 Å². The standard InChI is InChI=1S/C21H18N4O/c1-15-2-4-17(5-3-15)14-24-19-10-11-23-20(12-19)21(26)25-18-8-6-16(13-22)7-9-18/h2-12H,14H2,1H3,(H,23,24)(H,25,26). The molecule has 3 aromatic rings. The summed E-state index contributed by atoms with van der Waals surface area (Å²) in [4.78, 5) is 16.5. The van der Waals surface area contributed by atoms with E-state index >= 15 is 0 Å². The number of hydrogen-bond acceptors (Lipinski definition) is 4. The highest BCUT2D eigenvalue weighted by Gasteiger charge is 2.08. The molecule has 26 heavy (non-hydrogen) atoms. The van der Waals surface area contributed by atoms with Gasteiger partial charge in [0.1, 0.15) is 5.69 Å². The van der Waals surface area contributed by atoms with Crippen LogP contribution in [0.2, 0.25) is 0 Å². The van der Waals surface area contributed by atoms with Crippen LogP contribution in [0.5, 0.6) is 0 Å². The summed E-state index contributed by atoms with van der Waals surface area (Å²) in [6, 6.07) is 20.6. The molecule has 0 aliphatic heterocycles. The number of nitrogens with one attached hydrogen (secondary N) is 2. The van der Waals surface area contributed by atoms with Crippen LogP contribution >= 0.6 is 0 Å². The number of nitriles is 1. The maximum Gasteiger partial charge on any atom is 0.274 e. The Morgan fingerprint density at radius 2 is 1.77 bits per heavy atom. The Kier molecular flexibility index (Phi) is 5.25. The van der Waals surface area contributed by atoms with Crippen LogP contribution < -0.4 is 10.6 Å². The van der Waals surface area contributed by atoms with E-state index in [4.69, 9.17) is 5.26 Å². The van der Waals surface area contributed by atoms with Crippen molar-refractivity contribution in [2.75, 3.05) is 10.6 Å². The van der Waals surface area contributed by atoms with Gasteiger partial charge in [0.05, 0.1) is 11.6 Å². The molecule has 5 nitrogen and oxygen atoms in total. The van der Waals surface area contributed by atoms with Crippen LogP contribution in [0.15, 0.2) is 66.9 Å². The zero-order chi connectivity index (χ0) is 18.4. The van der Waals surface area contributed by atoms with Crippen molar-refractivity contribution >= 4 is 17.3 Å². The summed E-state index contributed by atoms with van der Waals surface area (Å²) in [6.45, 7) is 2.72. The van der Waals surface area contributed by atoms with Crippen molar-refractivity contribution in [3.63, 3.8) is 0 Å². The van der Waals surface area contributed by atoms with Crippen LogP contribution in [0.25, 0.3) is 0 Å². The molecule has 1 aromatic heterocycles. The predicted octanol–water partition coefficient (Wildman–Crippen LogP) is 4.13. The lowest BCUT2D eigenvalue weighted by molar-refractivity contribution is 0.102. The van der Waals surface area contributed by atoms with Gasteiger partial charge in [-0.25, -0.2) is 0 Å². The summed E-state index contributed by atoms with van der Waals surface area (Å²) in [5.41, 5.74) is 4.70. The maximum absolute atomic E-state index is 12.4. The lowest BCUT2D eigenvalue weighted by Gasteiger charge is -2.09. The van der Waals surface area contributed by atoms with Gasteiger partial charge in [-0.1, -0.05) is 29.8 Å². The lowest BCUT2D eigenvalue weighted by Crippen LogP contribution is -2.14. The van der Waals surface area contributed by atoms with Gasteiger partial charge >= 0.3 is 0 Å². The molecule has 0 saturated carbocycles. The summed E-state index contributed by atoms with van der Waals surface area (Å²) in [5.74, 6) is -0.298. The van der Waals surface area contributed by atoms with Gasteiger partial charge in [-0.3, -0.25) is 9.78 Å². The van der Waals surface area contributed by atoms with E-state index in [-0.39, 0.29) is 5.91 Å². The summed E-state index contributed by atoms with van der Waals surface area (Å²) >= 11 is 0. The molecule has 0 fully saturated rings. The number of benzene rings is 2. The van der Waals surface area contributed by atoms with Gasteiger partial charge in [0.15, 0.2) is 0 Å². The first-order chi connectivity index (χ1) is 12.6. The van der Waals surface area contributed by atoms with Gasteiger partial charge in [-0.15, -0.1) is 0 Å². The first-order valence-corrected chi connectivity index (χ1v) is 8.21. The Hall–Kier alpha value is -3.65. The van der Waals surface area contributed by atoms with Crippen molar-refractivity contribution in [1.82, 2.24) is 4.98 Å². The topological polar surface area (TPSA) is 77.8 Å². The van der Waals surface area contributed by atoms with Gasteiger partial charge in [0, 0.05) is 24.1 Å². The molecule has 0 radical (unpaired) electrons. The largest absolute Gasteiger partial charge is 0.381 e. The minimum Gasteiger partial charge on any atom is -0.381 e. The average Bonchev–Trinajstić information content (AvgIpc) is 2.68. The summed E-state index contributed by atoms with van der Waals surface area (Å²) < 4.78 is 0. The number of nitrogens with zero attached hydrogens (tertiary/aromatic N) is 2. The Morgan fingerprint density at radius 3 is 2.46 bits per heavy atom. The normalized spacial score (nSPS) is 10.0. The van der Waals surface area contributed by atoms with Gasteiger partial charge < -0.3 is 10.6 Å². The number of amides is 1. The number of anilines is 2. The second-order valence-electron chi connectivity index (χ2n) is 5.91. The fraction of sp³-hybridized carbons (Fsp3) is 0.0952. The average molecular weight is 342 g/mol. The number of carbonyl (C=O) groups excluding carboxylic acids is 1. The van der Waals surface area contributed by atoms with Crippen LogP contribution in [-0.2, 0) is 6.54 Å². The molecule has 128 valence electrons. The van der Waals surface area contributed by atoms with Crippen LogP contribution in [0, 0.1) is 18.3 Å². The highest BCUT2D eigenvalue weighted by atomic mass is 16.1. The first kappa shape index (κ1) is 17.2. The molecular weight excluding hydrogens is 324 g/mol. The molecule has 5 heteroatoms. The molecule has 0 saturated heterocycles. The van der Waals surface area contributed by atoms with E-state index in [9.17, 15) is 4.79 Å². The van der Waals surface area contributed by atoms with E-state index in [0.717, 1.165) is 11.3 Å². The third-order valence-electron chi connectivity index (χ3n) is 3.88. The van der Waals surface area contributed by atoms with Gasteiger partial charge in [0.2, 0.25) is 0 Å². The molecule has 2 N–H and O–H groups in total. The summed E-state index contributed by atoms with van der Waals surface area (Å²) in [6.07, 6.45) is 1.60. The van der Waals surface area contributed by atoms with E-state index in [1.54, 1.807) is 36.5 Å². The van der Waals surface area contributed by atoms with Gasteiger partial charge in [-0.2, -0.15) is 5.26 Å². The number of hydrogen-bond donors (Lipinski definition) is 2. The molecule has 0 aliphatic rings. The van der Waals surface area contributed by atoms with Crippen LogP contribution in [0.3, 0.4) is 0 Å². The fourth-order valence-electron chi connectivity index (χ4n) is 2.40. The first-order valence-electron chi connectivity index (χ1n) is 8.21. The SMILES string of the molecule is Cc1ccc(CNc2ccnc(C(=O)Nc3ccc(C#N)cc3)c2)cc1. The molecule has 2 aromatic carbocycles. The van der Waals surface area contributed by atoms with E-state index < -0.39 is 0 Å². The third-order valence-corrected chi connectivity index (χ3v) is 3.88. The molecule has 1 amide bonds. The Balaban J connectivity index is 1.64. The van der Waals surface area contributed by atoms with Crippen molar-refractivity contribution < 1.29 is 4.79 Å².